The average molecular weight is 293 g/mol. The third-order valence-corrected chi connectivity index (χ3v) is 4.49. The monoisotopic (exact) mass is 293 g/mol. The van der Waals surface area contributed by atoms with Crippen molar-refractivity contribution in [2.75, 3.05) is 37.6 Å². The number of rotatable bonds is 3. The highest BCUT2D eigenvalue weighted by atomic mass is 16.4. The van der Waals surface area contributed by atoms with Crippen LogP contribution in [-0.4, -0.2) is 76.2 Å². The Labute approximate surface area is 124 Å². The number of aromatic nitrogens is 1. The number of aliphatic hydroxyl groups excluding tert-OH is 3. The van der Waals surface area contributed by atoms with E-state index in [1.807, 2.05) is 12.3 Å². The Morgan fingerprint density at radius 1 is 1.14 bits per heavy atom. The van der Waals surface area contributed by atoms with Crippen molar-refractivity contribution in [2.24, 2.45) is 5.92 Å². The van der Waals surface area contributed by atoms with Crippen LogP contribution in [-0.2, 0) is 0 Å². The second-order valence-electron chi connectivity index (χ2n) is 6.16. The zero-order valence-electron chi connectivity index (χ0n) is 12.0. The summed E-state index contributed by atoms with van der Waals surface area (Å²) in [7, 11) is 0. The van der Waals surface area contributed by atoms with E-state index in [0.29, 0.717) is 19.0 Å². The largest absolute Gasteiger partial charge is 0.389 e. The molecule has 6 heteroatoms. The van der Waals surface area contributed by atoms with Crippen molar-refractivity contribution in [3.63, 3.8) is 0 Å². The van der Waals surface area contributed by atoms with E-state index in [2.05, 4.69) is 20.9 Å². The summed E-state index contributed by atoms with van der Waals surface area (Å²) in [6, 6.07) is 4.02. The predicted molar refractivity (Wildman–Crippen MR) is 79.0 cm³/mol. The first-order valence-electron chi connectivity index (χ1n) is 7.55. The molecule has 1 aromatic rings. The van der Waals surface area contributed by atoms with Gasteiger partial charge in [0.05, 0.1) is 24.1 Å². The summed E-state index contributed by atoms with van der Waals surface area (Å²) in [6.45, 7) is 3.69. The Morgan fingerprint density at radius 2 is 1.90 bits per heavy atom. The van der Waals surface area contributed by atoms with Crippen molar-refractivity contribution in [2.45, 2.75) is 24.7 Å². The maximum Gasteiger partial charge on any atom is 0.108 e. The zero-order chi connectivity index (χ0) is 14.8. The van der Waals surface area contributed by atoms with Crippen LogP contribution in [0.5, 0.6) is 0 Å². The van der Waals surface area contributed by atoms with Gasteiger partial charge in [0.2, 0.25) is 0 Å². The number of pyridine rings is 1. The van der Waals surface area contributed by atoms with E-state index in [1.165, 1.54) is 0 Å². The van der Waals surface area contributed by atoms with Gasteiger partial charge in [0.15, 0.2) is 0 Å². The van der Waals surface area contributed by atoms with Gasteiger partial charge in [0.25, 0.3) is 0 Å². The van der Waals surface area contributed by atoms with Crippen molar-refractivity contribution in [3.8, 4) is 0 Å². The summed E-state index contributed by atoms with van der Waals surface area (Å²) in [5.74, 6) is 0.514. The molecule has 0 radical (unpaired) electrons. The van der Waals surface area contributed by atoms with Gasteiger partial charge in [-0.15, -0.1) is 0 Å². The first kappa shape index (κ1) is 14.7. The fourth-order valence-corrected chi connectivity index (χ4v) is 3.35. The van der Waals surface area contributed by atoms with Gasteiger partial charge in [-0.05, 0) is 24.5 Å². The number of nitrogens with zero attached hydrogens (tertiary/aromatic N) is 3. The molecule has 3 N–H and O–H groups in total. The van der Waals surface area contributed by atoms with Gasteiger partial charge in [-0.1, -0.05) is 0 Å². The molecule has 21 heavy (non-hydrogen) atoms. The van der Waals surface area contributed by atoms with Crippen molar-refractivity contribution < 1.29 is 15.3 Å². The summed E-state index contributed by atoms with van der Waals surface area (Å²) in [5, 5.41) is 29.1. The van der Waals surface area contributed by atoms with Crippen LogP contribution in [0.3, 0.4) is 0 Å². The van der Waals surface area contributed by atoms with E-state index in [-0.39, 0.29) is 0 Å². The van der Waals surface area contributed by atoms with Crippen molar-refractivity contribution in [1.82, 2.24) is 9.88 Å². The summed E-state index contributed by atoms with van der Waals surface area (Å²) in [6.07, 6.45) is 2.03. The van der Waals surface area contributed by atoms with Crippen LogP contribution in [0, 0.1) is 5.92 Å². The Balaban J connectivity index is 1.53. The lowest BCUT2D eigenvalue weighted by Crippen LogP contribution is -2.56. The van der Waals surface area contributed by atoms with Crippen LogP contribution in [0.15, 0.2) is 24.5 Å². The second kappa shape index (κ2) is 6.27. The molecule has 2 aliphatic rings. The number of aliphatic hydroxyl groups is 3. The molecule has 116 valence electrons. The molecule has 0 saturated carbocycles. The van der Waals surface area contributed by atoms with E-state index in [9.17, 15) is 15.3 Å². The fourth-order valence-electron chi connectivity index (χ4n) is 3.35. The zero-order valence-corrected chi connectivity index (χ0v) is 12.0. The molecule has 0 aliphatic carbocycles. The van der Waals surface area contributed by atoms with Crippen LogP contribution >= 0.6 is 0 Å². The molecule has 0 bridgehead atoms. The lowest BCUT2D eigenvalue weighted by atomic mass is 10.00. The molecule has 1 aromatic heterocycles. The van der Waals surface area contributed by atoms with Crippen molar-refractivity contribution >= 4 is 5.69 Å². The number of likely N-dealkylation sites (tertiary alicyclic amines) is 1. The van der Waals surface area contributed by atoms with E-state index in [1.54, 1.807) is 6.20 Å². The molecule has 4 atom stereocenters. The Morgan fingerprint density at radius 3 is 2.57 bits per heavy atom. The maximum atomic E-state index is 9.75. The Hall–Kier alpha value is -1.21. The van der Waals surface area contributed by atoms with Gasteiger partial charge in [0, 0.05) is 38.9 Å². The first-order chi connectivity index (χ1) is 10.1. The molecule has 3 rings (SSSR count). The number of piperidine rings is 1. The highest BCUT2D eigenvalue weighted by Gasteiger charge is 2.35. The molecule has 2 saturated heterocycles. The minimum absolute atomic E-state index is 0.432. The van der Waals surface area contributed by atoms with E-state index in [4.69, 9.17) is 0 Å². The minimum atomic E-state index is -1.02. The molecular weight excluding hydrogens is 270 g/mol. The minimum Gasteiger partial charge on any atom is -0.389 e. The molecule has 0 aromatic carbocycles. The molecule has 0 amide bonds. The van der Waals surface area contributed by atoms with Gasteiger partial charge in [0.1, 0.15) is 6.10 Å². The van der Waals surface area contributed by atoms with E-state index in [0.717, 1.165) is 31.7 Å². The van der Waals surface area contributed by atoms with Gasteiger partial charge in [-0.3, -0.25) is 9.88 Å². The SMILES string of the molecule is OC1[C@H](O)CN(C[C@H]2CCN(c3cccnc3)C2)C[C@@H]1O. The van der Waals surface area contributed by atoms with Gasteiger partial charge >= 0.3 is 0 Å². The van der Waals surface area contributed by atoms with Crippen molar-refractivity contribution in [3.05, 3.63) is 24.5 Å². The lowest BCUT2D eigenvalue weighted by Gasteiger charge is -2.38. The molecule has 2 aliphatic heterocycles. The third kappa shape index (κ3) is 3.35. The Kier molecular flexibility index (Phi) is 4.40. The molecule has 6 nitrogen and oxygen atoms in total. The van der Waals surface area contributed by atoms with E-state index < -0.39 is 18.3 Å². The normalized spacial score (nSPS) is 34.3. The average Bonchev–Trinajstić information content (AvgIpc) is 2.94. The molecule has 1 unspecified atom stereocenters. The number of anilines is 1. The Bertz CT molecular complexity index is 447. The predicted octanol–water partition coefficient (Wildman–Crippen LogP) is -0.694. The molecule has 2 fully saturated rings. The summed E-state index contributed by atoms with van der Waals surface area (Å²) in [4.78, 5) is 8.53. The molecule has 0 spiro atoms. The lowest BCUT2D eigenvalue weighted by molar-refractivity contribution is -0.111. The summed E-state index contributed by atoms with van der Waals surface area (Å²) < 4.78 is 0. The third-order valence-electron chi connectivity index (χ3n) is 4.49. The smallest absolute Gasteiger partial charge is 0.108 e. The number of hydrogen-bond donors (Lipinski definition) is 3. The quantitative estimate of drug-likeness (QED) is 0.684. The van der Waals surface area contributed by atoms with Crippen LogP contribution in [0.1, 0.15) is 6.42 Å². The van der Waals surface area contributed by atoms with Crippen LogP contribution in [0.2, 0.25) is 0 Å². The highest BCUT2D eigenvalue weighted by Crippen LogP contribution is 2.24. The van der Waals surface area contributed by atoms with Gasteiger partial charge < -0.3 is 20.2 Å². The van der Waals surface area contributed by atoms with Crippen LogP contribution < -0.4 is 4.90 Å². The fraction of sp³-hybridized carbons (Fsp3) is 0.667. The number of hydrogen-bond acceptors (Lipinski definition) is 6. The highest BCUT2D eigenvalue weighted by molar-refractivity contribution is 5.44. The summed E-state index contributed by atoms with van der Waals surface area (Å²) in [5.41, 5.74) is 1.15. The van der Waals surface area contributed by atoms with Gasteiger partial charge in [-0.2, -0.15) is 0 Å². The maximum absolute atomic E-state index is 9.75. The second-order valence-corrected chi connectivity index (χ2v) is 6.16. The van der Waals surface area contributed by atoms with Gasteiger partial charge in [-0.25, -0.2) is 0 Å². The van der Waals surface area contributed by atoms with Crippen LogP contribution in [0.25, 0.3) is 0 Å². The van der Waals surface area contributed by atoms with Crippen molar-refractivity contribution in [1.29, 1.82) is 0 Å². The first-order valence-corrected chi connectivity index (χ1v) is 7.55. The molecular formula is C15H23N3O3. The molecule has 3 heterocycles. The summed E-state index contributed by atoms with van der Waals surface area (Å²) >= 11 is 0. The van der Waals surface area contributed by atoms with E-state index >= 15 is 0 Å². The topological polar surface area (TPSA) is 80.1 Å². The number of β-amino-alcohol motifs (C(OH)–C–C–N with tert-alkyl or cyclic N) is 2. The van der Waals surface area contributed by atoms with Crippen LogP contribution in [0.4, 0.5) is 5.69 Å². The standard InChI is InChI=1S/C15H23N3O3/c19-13-9-17(10-14(20)15(13)21)7-11-3-5-18(8-11)12-2-1-4-16-6-12/h1-2,4,6,11,13-15,19-21H,3,5,7-10H2/t11-,13-,14+,15?/m1/s1.